The first kappa shape index (κ1) is 16.7. The van der Waals surface area contributed by atoms with E-state index in [2.05, 4.69) is 43.6 Å². The van der Waals surface area contributed by atoms with Crippen LogP contribution in [0.1, 0.15) is 60.3 Å². The zero-order valence-corrected chi connectivity index (χ0v) is 14.4. The van der Waals surface area contributed by atoms with Crippen LogP contribution in [0.5, 0.6) is 0 Å². The van der Waals surface area contributed by atoms with Crippen LogP contribution >= 0.6 is 15.9 Å². The van der Waals surface area contributed by atoms with Gasteiger partial charge >= 0.3 is 5.97 Å². The molecule has 0 aliphatic carbocycles. The van der Waals surface area contributed by atoms with Gasteiger partial charge in [-0.05, 0) is 37.5 Å². The number of hydrogen-bond acceptors (Lipinski definition) is 2. The van der Waals surface area contributed by atoms with Crippen molar-refractivity contribution < 1.29 is 9.53 Å². The van der Waals surface area contributed by atoms with E-state index in [1.54, 1.807) is 0 Å². The highest BCUT2D eigenvalue weighted by Crippen LogP contribution is 2.35. The molecule has 0 unspecified atom stereocenters. The van der Waals surface area contributed by atoms with E-state index in [9.17, 15) is 4.79 Å². The molecule has 0 aromatic rings. The Morgan fingerprint density at radius 3 is 2.32 bits per heavy atom. The van der Waals surface area contributed by atoms with Crippen molar-refractivity contribution in [3.05, 3.63) is 10.1 Å². The largest absolute Gasteiger partial charge is 0.453 e. The molecule has 0 spiro atoms. The lowest BCUT2D eigenvalue weighted by molar-refractivity contribution is -0.141. The molecule has 2 nitrogen and oxygen atoms in total. The fourth-order valence-corrected chi connectivity index (χ4v) is 3.79. The fourth-order valence-electron chi connectivity index (χ4n) is 3.08. The quantitative estimate of drug-likeness (QED) is 0.609. The lowest BCUT2D eigenvalue weighted by Gasteiger charge is -2.24. The molecule has 0 aromatic carbocycles. The maximum Gasteiger partial charge on any atom is 0.335 e. The van der Waals surface area contributed by atoms with Crippen LogP contribution in [0.25, 0.3) is 0 Å². The van der Waals surface area contributed by atoms with Crippen molar-refractivity contribution in [2.45, 2.75) is 66.4 Å². The molecule has 1 rings (SSSR count). The van der Waals surface area contributed by atoms with Crippen LogP contribution in [0.2, 0.25) is 0 Å². The van der Waals surface area contributed by atoms with E-state index in [1.807, 2.05) is 6.92 Å². The van der Waals surface area contributed by atoms with Crippen LogP contribution in [0.4, 0.5) is 0 Å². The first-order chi connectivity index (χ1) is 8.86. The highest BCUT2D eigenvalue weighted by atomic mass is 79.9. The molecule has 0 radical (unpaired) electrons. The third-order valence-electron chi connectivity index (χ3n) is 4.03. The predicted molar refractivity (Wildman–Crippen MR) is 83.1 cm³/mol. The van der Waals surface area contributed by atoms with Gasteiger partial charge in [0.05, 0.1) is 0 Å². The molecule has 0 amide bonds. The summed E-state index contributed by atoms with van der Waals surface area (Å²) in [6.07, 6.45) is 4.86. The second kappa shape index (κ2) is 7.47. The average molecular weight is 331 g/mol. The summed E-state index contributed by atoms with van der Waals surface area (Å²) in [6, 6.07) is 0. The SMILES string of the molecule is CCC[C@H](C)C[C@H](C)C[C@H](C)[C@@H]1OC(=O)C(C)=C1Br. The van der Waals surface area contributed by atoms with Crippen molar-refractivity contribution in [3.63, 3.8) is 0 Å². The van der Waals surface area contributed by atoms with E-state index in [-0.39, 0.29) is 12.1 Å². The summed E-state index contributed by atoms with van der Waals surface area (Å²) >= 11 is 3.51. The van der Waals surface area contributed by atoms with Gasteiger partial charge in [0.15, 0.2) is 0 Å². The van der Waals surface area contributed by atoms with Gasteiger partial charge in [-0.25, -0.2) is 4.79 Å². The Labute approximate surface area is 126 Å². The lowest BCUT2D eigenvalue weighted by atomic mass is 9.86. The second-order valence-electron chi connectivity index (χ2n) is 6.25. The Bertz CT molecular complexity index is 349. The van der Waals surface area contributed by atoms with Gasteiger partial charge in [-0.2, -0.15) is 0 Å². The van der Waals surface area contributed by atoms with E-state index in [1.165, 1.54) is 19.3 Å². The summed E-state index contributed by atoms with van der Waals surface area (Å²) in [5, 5.41) is 0. The molecule has 1 aliphatic heterocycles. The molecular weight excluding hydrogens is 304 g/mol. The molecule has 4 atom stereocenters. The maximum atomic E-state index is 11.5. The van der Waals surface area contributed by atoms with E-state index < -0.39 is 0 Å². The number of carbonyl (C=O) groups excluding carboxylic acids is 1. The first-order valence-corrected chi connectivity index (χ1v) is 8.23. The summed E-state index contributed by atoms with van der Waals surface area (Å²) < 4.78 is 6.38. The highest BCUT2D eigenvalue weighted by molar-refractivity contribution is 9.11. The van der Waals surface area contributed by atoms with Crippen molar-refractivity contribution >= 4 is 21.9 Å². The van der Waals surface area contributed by atoms with Gasteiger partial charge in [0.25, 0.3) is 0 Å². The smallest absolute Gasteiger partial charge is 0.335 e. The van der Waals surface area contributed by atoms with E-state index in [0.717, 1.165) is 22.4 Å². The van der Waals surface area contributed by atoms with Crippen LogP contribution in [0, 0.1) is 17.8 Å². The maximum absolute atomic E-state index is 11.5. The molecule has 3 heteroatoms. The number of carbonyl (C=O) groups is 1. The van der Waals surface area contributed by atoms with Crippen LogP contribution in [-0.2, 0) is 9.53 Å². The Morgan fingerprint density at radius 2 is 1.84 bits per heavy atom. The zero-order valence-electron chi connectivity index (χ0n) is 12.8. The molecule has 19 heavy (non-hydrogen) atoms. The minimum atomic E-state index is -0.171. The normalized spacial score (nSPS) is 24.3. The van der Waals surface area contributed by atoms with Crippen LogP contribution in [0.3, 0.4) is 0 Å². The third-order valence-corrected chi connectivity index (χ3v) is 5.07. The lowest BCUT2D eigenvalue weighted by Crippen LogP contribution is -2.22. The van der Waals surface area contributed by atoms with Gasteiger partial charge in [-0.3, -0.25) is 0 Å². The molecule has 0 N–H and O–H groups in total. The minimum Gasteiger partial charge on any atom is -0.453 e. The highest BCUT2D eigenvalue weighted by Gasteiger charge is 2.34. The molecule has 0 saturated heterocycles. The van der Waals surface area contributed by atoms with Crippen molar-refractivity contribution in [2.24, 2.45) is 17.8 Å². The average Bonchev–Trinajstić information content (AvgIpc) is 2.57. The van der Waals surface area contributed by atoms with Gasteiger partial charge in [0, 0.05) is 10.1 Å². The Kier molecular flexibility index (Phi) is 6.58. The molecule has 110 valence electrons. The van der Waals surface area contributed by atoms with Crippen LogP contribution in [0.15, 0.2) is 10.1 Å². The molecule has 0 bridgehead atoms. The fraction of sp³-hybridized carbons (Fsp3) is 0.812. The third kappa shape index (κ3) is 4.62. The Balaban J connectivity index is 2.47. The zero-order chi connectivity index (χ0) is 14.6. The summed E-state index contributed by atoms with van der Waals surface area (Å²) in [7, 11) is 0. The number of hydrogen-bond donors (Lipinski definition) is 0. The Hall–Kier alpha value is -0.310. The van der Waals surface area contributed by atoms with E-state index in [0.29, 0.717) is 11.8 Å². The molecule has 0 saturated carbocycles. The number of halogens is 1. The van der Waals surface area contributed by atoms with Gasteiger partial charge < -0.3 is 4.74 Å². The standard InChI is InChI=1S/C16H27BrO2/c1-6-7-10(2)8-11(3)9-12(4)15-14(17)13(5)16(18)19-15/h10-12,15H,6-9H2,1-5H3/t10-,11-,12-,15-/m0/s1. The predicted octanol–water partition coefficient (Wildman–Crippen LogP) is 5.07. The topological polar surface area (TPSA) is 26.3 Å². The van der Waals surface area contributed by atoms with E-state index >= 15 is 0 Å². The van der Waals surface area contributed by atoms with Gasteiger partial charge in [0.1, 0.15) is 6.10 Å². The molecular formula is C16H27BrO2. The van der Waals surface area contributed by atoms with Crippen molar-refractivity contribution in [1.29, 1.82) is 0 Å². The summed E-state index contributed by atoms with van der Waals surface area (Å²) in [5.41, 5.74) is 0.726. The van der Waals surface area contributed by atoms with E-state index in [4.69, 9.17) is 4.74 Å². The van der Waals surface area contributed by atoms with Gasteiger partial charge in [-0.1, -0.05) is 56.5 Å². The Morgan fingerprint density at radius 1 is 1.21 bits per heavy atom. The monoisotopic (exact) mass is 330 g/mol. The summed E-state index contributed by atoms with van der Waals surface area (Å²) in [4.78, 5) is 11.5. The summed E-state index contributed by atoms with van der Waals surface area (Å²) in [6.45, 7) is 10.9. The first-order valence-electron chi connectivity index (χ1n) is 7.44. The number of cyclic esters (lactones) is 1. The van der Waals surface area contributed by atoms with Crippen LogP contribution < -0.4 is 0 Å². The van der Waals surface area contributed by atoms with Gasteiger partial charge in [-0.15, -0.1) is 0 Å². The number of rotatable bonds is 7. The second-order valence-corrected chi connectivity index (χ2v) is 7.10. The molecule has 0 fully saturated rings. The number of ether oxygens (including phenoxy) is 1. The van der Waals surface area contributed by atoms with Crippen molar-refractivity contribution in [3.8, 4) is 0 Å². The van der Waals surface area contributed by atoms with Crippen molar-refractivity contribution in [2.75, 3.05) is 0 Å². The molecule has 1 aliphatic rings. The summed E-state index contributed by atoms with van der Waals surface area (Å²) in [5.74, 6) is 1.67. The van der Waals surface area contributed by atoms with Crippen molar-refractivity contribution in [1.82, 2.24) is 0 Å². The molecule has 0 aromatic heterocycles. The molecule has 1 heterocycles. The van der Waals surface area contributed by atoms with Crippen LogP contribution in [-0.4, -0.2) is 12.1 Å². The minimum absolute atomic E-state index is 0.0727. The number of esters is 1. The van der Waals surface area contributed by atoms with Gasteiger partial charge in [0.2, 0.25) is 0 Å².